The van der Waals surface area contributed by atoms with Gasteiger partial charge in [0.1, 0.15) is 0 Å². The minimum atomic E-state index is -0.169. The first-order chi connectivity index (χ1) is 6.50. The van der Waals surface area contributed by atoms with Crippen molar-refractivity contribution in [3.63, 3.8) is 0 Å². The predicted octanol–water partition coefficient (Wildman–Crippen LogP) is 1.83. The Balaban J connectivity index is 2.19. The van der Waals surface area contributed by atoms with Gasteiger partial charge in [0, 0.05) is 31.1 Å². The molecule has 1 aliphatic heterocycles. The van der Waals surface area contributed by atoms with Crippen LogP contribution in [0.25, 0.3) is 0 Å². The fraction of sp³-hybridized carbons (Fsp3) is 1.00. The molecular weight excluding hydrogens is 194 g/mol. The summed E-state index contributed by atoms with van der Waals surface area (Å²) in [5.74, 6) is 2.51. The van der Waals surface area contributed by atoms with Crippen LogP contribution in [0.1, 0.15) is 27.2 Å². The molecule has 0 aromatic rings. The number of aliphatic hydroxyl groups is 1. The van der Waals surface area contributed by atoms with E-state index >= 15 is 0 Å². The third kappa shape index (κ3) is 4.20. The summed E-state index contributed by atoms with van der Waals surface area (Å²) in [6.45, 7) is 9.75. The highest BCUT2D eigenvalue weighted by Crippen LogP contribution is 2.22. The molecule has 1 atom stereocenters. The third-order valence-electron chi connectivity index (χ3n) is 2.82. The maximum atomic E-state index is 9.88. The van der Waals surface area contributed by atoms with Crippen LogP contribution in [-0.4, -0.2) is 47.3 Å². The van der Waals surface area contributed by atoms with Crippen LogP contribution in [0.5, 0.6) is 0 Å². The lowest BCUT2D eigenvalue weighted by atomic mass is 9.87. The summed E-state index contributed by atoms with van der Waals surface area (Å²) in [6, 6.07) is 0. The highest BCUT2D eigenvalue weighted by molar-refractivity contribution is 7.99. The Labute approximate surface area is 92.1 Å². The first-order valence-electron chi connectivity index (χ1n) is 5.48. The Hall–Kier alpha value is 0.270. The van der Waals surface area contributed by atoms with Crippen LogP contribution >= 0.6 is 11.8 Å². The van der Waals surface area contributed by atoms with Crippen LogP contribution < -0.4 is 0 Å². The Morgan fingerprint density at radius 1 is 1.29 bits per heavy atom. The quantitative estimate of drug-likeness (QED) is 0.780. The van der Waals surface area contributed by atoms with E-state index in [1.807, 2.05) is 11.8 Å². The fourth-order valence-corrected chi connectivity index (χ4v) is 2.54. The lowest BCUT2D eigenvalue weighted by Crippen LogP contribution is -2.37. The molecule has 0 radical (unpaired) electrons. The average molecular weight is 217 g/mol. The summed E-state index contributed by atoms with van der Waals surface area (Å²) >= 11 is 2.03. The molecule has 1 saturated heterocycles. The molecule has 0 aliphatic carbocycles. The molecule has 0 aromatic heterocycles. The molecule has 0 aromatic carbocycles. The van der Waals surface area contributed by atoms with Crippen LogP contribution in [0, 0.1) is 5.41 Å². The van der Waals surface area contributed by atoms with Crippen molar-refractivity contribution < 1.29 is 5.11 Å². The van der Waals surface area contributed by atoms with E-state index in [4.69, 9.17) is 0 Å². The van der Waals surface area contributed by atoms with Crippen LogP contribution in [0.15, 0.2) is 0 Å². The lowest BCUT2D eigenvalue weighted by molar-refractivity contribution is 0.0465. The molecule has 0 saturated carbocycles. The average Bonchev–Trinajstić information content (AvgIpc) is 2.14. The molecule has 0 spiro atoms. The highest BCUT2D eigenvalue weighted by atomic mass is 32.2. The molecule has 1 unspecified atom stereocenters. The predicted molar refractivity (Wildman–Crippen MR) is 63.8 cm³/mol. The second kappa shape index (κ2) is 5.38. The van der Waals surface area contributed by atoms with Crippen molar-refractivity contribution in [1.82, 2.24) is 4.90 Å². The Morgan fingerprint density at radius 2 is 1.86 bits per heavy atom. The molecule has 14 heavy (non-hydrogen) atoms. The van der Waals surface area contributed by atoms with E-state index in [0.29, 0.717) is 0 Å². The maximum Gasteiger partial charge on any atom is 0.0600 e. The topological polar surface area (TPSA) is 23.5 Å². The van der Waals surface area contributed by atoms with Gasteiger partial charge in [-0.2, -0.15) is 11.8 Å². The molecule has 1 fully saturated rings. The van der Waals surface area contributed by atoms with Gasteiger partial charge in [-0.05, 0) is 11.8 Å². The Kier molecular flexibility index (Phi) is 4.74. The molecule has 2 nitrogen and oxygen atoms in total. The SMILES string of the molecule is CC(C)(C)C(O)CCN1CCSCC1. The second-order valence-electron chi connectivity index (χ2n) is 5.12. The number of hydrogen-bond donors (Lipinski definition) is 1. The van der Waals surface area contributed by atoms with Crippen molar-refractivity contribution in [2.24, 2.45) is 5.41 Å². The van der Waals surface area contributed by atoms with Gasteiger partial charge in [-0.25, -0.2) is 0 Å². The molecule has 1 N–H and O–H groups in total. The molecule has 0 bridgehead atoms. The fourth-order valence-electron chi connectivity index (χ4n) is 1.56. The van der Waals surface area contributed by atoms with Crippen LogP contribution in [0.2, 0.25) is 0 Å². The highest BCUT2D eigenvalue weighted by Gasteiger charge is 2.22. The summed E-state index contributed by atoms with van der Waals surface area (Å²) in [7, 11) is 0. The third-order valence-corrected chi connectivity index (χ3v) is 3.76. The van der Waals surface area contributed by atoms with Crippen molar-refractivity contribution in [1.29, 1.82) is 0 Å². The summed E-state index contributed by atoms with van der Waals surface area (Å²) in [5.41, 5.74) is 0.0323. The number of rotatable bonds is 3. The van der Waals surface area contributed by atoms with Crippen molar-refractivity contribution in [2.45, 2.75) is 33.3 Å². The molecule has 1 heterocycles. The molecule has 84 valence electrons. The summed E-state index contributed by atoms with van der Waals surface area (Å²) < 4.78 is 0. The Morgan fingerprint density at radius 3 is 2.36 bits per heavy atom. The summed E-state index contributed by atoms with van der Waals surface area (Å²) in [5, 5.41) is 9.88. The number of thioether (sulfide) groups is 1. The van der Waals surface area contributed by atoms with Crippen molar-refractivity contribution in [2.75, 3.05) is 31.1 Å². The zero-order valence-electron chi connectivity index (χ0n) is 9.62. The maximum absolute atomic E-state index is 9.88. The van der Waals surface area contributed by atoms with E-state index in [1.165, 1.54) is 24.6 Å². The Bertz CT molecular complexity index is 161. The van der Waals surface area contributed by atoms with Gasteiger partial charge in [-0.1, -0.05) is 20.8 Å². The molecular formula is C11H23NOS. The first-order valence-corrected chi connectivity index (χ1v) is 6.64. The second-order valence-corrected chi connectivity index (χ2v) is 6.35. The van der Waals surface area contributed by atoms with E-state index in [2.05, 4.69) is 25.7 Å². The van der Waals surface area contributed by atoms with Gasteiger partial charge < -0.3 is 10.0 Å². The van der Waals surface area contributed by atoms with Gasteiger partial charge >= 0.3 is 0 Å². The minimum absolute atomic E-state index is 0.0323. The van der Waals surface area contributed by atoms with Crippen LogP contribution in [0.3, 0.4) is 0 Å². The minimum Gasteiger partial charge on any atom is -0.393 e. The number of nitrogens with zero attached hydrogens (tertiary/aromatic N) is 1. The van der Waals surface area contributed by atoms with Gasteiger partial charge in [0.2, 0.25) is 0 Å². The van der Waals surface area contributed by atoms with Gasteiger partial charge in [-0.3, -0.25) is 0 Å². The van der Waals surface area contributed by atoms with Gasteiger partial charge in [0.05, 0.1) is 6.10 Å². The van der Waals surface area contributed by atoms with Gasteiger partial charge in [-0.15, -0.1) is 0 Å². The van der Waals surface area contributed by atoms with Crippen molar-refractivity contribution in [3.8, 4) is 0 Å². The molecule has 3 heteroatoms. The lowest BCUT2D eigenvalue weighted by Gasteiger charge is -2.30. The largest absolute Gasteiger partial charge is 0.393 e. The molecule has 1 rings (SSSR count). The number of hydrogen-bond acceptors (Lipinski definition) is 3. The normalized spacial score (nSPS) is 22.3. The molecule has 1 aliphatic rings. The molecule has 0 amide bonds. The van der Waals surface area contributed by atoms with E-state index < -0.39 is 0 Å². The first kappa shape index (κ1) is 12.3. The summed E-state index contributed by atoms with van der Waals surface area (Å²) in [4.78, 5) is 2.46. The zero-order valence-corrected chi connectivity index (χ0v) is 10.4. The zero-order chi connectivity index (χ0) is 10.6. The standard InChI is InChI=1S/C11H23NOS/c1-11(2,3)10(13)4-5-12-6-8-14-9-7-12/h10,13H,4-9H2,1-3H3. The van der Waals surface area contributed by atoms with Gasteiger partial charge in [0.15, 0.2) is 0 Å². The van der Waals surface area contributed by atoms with Crippen LogP contribution in [0.4, 0.5) is 0 Å². The van der Waals surface area contributed by atoms with E-state index in [1.54, 1.807) is 0 Å². The number of aliphatic hydroxyl groups excluding tert-OH is 1. The van der Waals surface area contributed by atoms with Crippen molar-refractivity contribution in [3.05, 3.63) is 0 Å². The van der Waals surface area contributed by atoms with Gasteiger partial charge in [0.25, 0.3) is 0 Å². The smallest absolute Gasteiger partial charge is 0.0600 e. The van der Waals surface area contributed by atoms with E-state index in [-0.39, 0.29) is 11.5 Å². The van der Waals surface area contributed by atoms with E-state index in [9.17, 15) is 5.11 Å². The van der Waals surface area contributed by atoms with Crippen molar-refractivity contribution >= 4 is 11.8 Å². The summed E-state index contributed by atoms with van der Waals surface area (Å²) in [6.07, 6.45) is 0.742. The van der Waals surface area contributed by atoms with E-state index in [0.717, 1.165) is 13.0 Å². The van der Waals surface area contributed by atoms with Crippen LogP contribution in [-0.2, 0) is 0 Å². The monoisotopic (exact) mass is 217 g/mol.